The van der Waals surface area contributed by atoms with E-state index in [2.05, 4.69) is 11.1 Å². The zero-order valence-corrected chi connectivity index (χ0v) is 8.09. The first kappa shape index (κ1) is 9.77. The Hall–Kier alpha value is -1.77. The van der Waals surface area contributed by atoms with E-state index in [0.29, 0.717) is 5.69 Å². The van der Waals surface area contributed by atoms with E-state index in [9.17, 15) is 8.78 Å². The second-order valence-electron chi connectivity index (χ2n) is 3.20. The molecule has 75 valence electrons. The van der Waals surface area contributed by atoms with Gasteiger partial charge in [0.2, 0.25) is 0 Å². The fourth-order valence-electron chi connectivity index (χ4n) is 1.40. The fourth-order valence-corrected chi connectivity index (χ4v) is 1.40. The first-order valence-electron chi connectivity index (χ1n) is 4.47. The summed E-state index contributed by atoms with van der Waals surface area (Å²) in [6, 6.07) is 8.52. The van der Waals surface area contributed by atoms with Crippen molar-refractivity contribution in [1.82, 2.24) is 4.98 Å². The maximum atomic E-state index is 13.4. The molecule has 1 radical (unpaired) electrons. The van der Waals surface area contributed by atoms with Crippen molar-refractivity contribution < 1.29 is 8.78 Å². The van der Waals surface area contributed by atoms with Gasteiger partial charge in [0.1, 0.15) is 0 Å². The Bertz CT molecular complexity index is 495. The van der Waals surface area contributed by atoms with Crippen molar-refractivity contribution in [2.75, 3.05) is 0 Å². The smallest absolute Gasteiger partial charge is 0.168 e. The molecule has 1 nitrogen and oxygen atoms in total. The van der Waals surface area contributed by atoms with Crippen molar-refractivity contribution in [2.24, 2.45) is 0 Å². The SMILES string of the molecule is Cc1c[c]cnc1-c1cccc(F)c1F. The molecule has 1 aromatic heterocycles. The van der Waals surface area contributed by atoms with E-state index < -0.39 is 11.6 Å². The van der Waals surface area contributed by atoms with Crippen molar-refractivity contribution in [3.8, 4) is 11.3 Å². The second-order valence-corrected chi connectivity index (χ2v) is 3.20. The number of hydrogen-bond acceptors (Lipinski definition) is 1. The van der Waals surface area contributed by atoms with Crippen molar-refractivity contribution in [2.45, 2.75) is 6.92 Å². The number of aryl methyl sites for hydroxylation is 1. The molecular formula is C12H8F2N. The minimum Gasteiger partial charge on any atom is -0.255 e. The number of halogens is 2. The summed E-state index contributed by atoms with van der Waals surface area (Å²) in [7, 11) is 0. The van der Waals surface area contributed by atoms with E-state index in [1.165, 1.54) is 18.3 Å². The molecule has 0 aliphatic heterocycles. The zero-order valence-electron chi connectivity index (χ0n) is 8.09. The van der Waals surface area contributed by atoms with Gasteiger partial charge in [0.25, 0.3) is 0 Å². The van der Waals surface area contributed by atoms with E-state index in [0.717, 1.165) is 11.6 Å². The van der Waals surface area contributed by atoms with Crippen LogP contribution >= 0.6 is 0 Å². The van der Waals surface area contributed by atoms with E-state index in [-0.39, 0.29) is 5.56 Å². The van der Waals surface area contributed by atoms with Gasteiger partial charge in [-0.3, -0.25) is 4.98 Å². The summed E-state index contributed by atoms with van der Waals surface area (Å²) in [6.45, 7) is 1.78. The molecule has 0 bridgehead atoms. The molecule has 0 unspecified atom stereocenters. The van der Waals surface area contributed by atoms with Gasteiger partial charge in [-0.1, -0.05) is 6.07 Å². The monoisotopic (exact) mass is 204 g/mol. The van der Waals surface area contributed by atoms with Gasteiger partial charge in [0, 0.05) is 17.8 Å². The number of rotatable bonds is 1. The van der Waals surface area contributed by atoms with Crippen LogP contribution in [0, 0.1) is 24.6 Å². The highest BCUT2D eigenvalue weighted by molar-refractivity contribution is 5.63. The Balaban J connectivity index is 2.65. The van der Waals surface area contributed by atoms with Gasteiger partial charge in [-0.25, -0.2) is 8.78 Å². The van der Waals surface area contributed by atoms with E-state index in [4.69, 9.17) is 0 Å². The van der Waals surface area contributed by atoms with Crippen LogP contribution in [-0.2, 0) is 0 Å². The van der Waals surface area contributed by atoms with Crippen LogP contribution in [0.1, 0.15) is 5.56 Å². The summed E-state index contributed by atoms with van der Waals surface area (Å²) in [5, 5.41) is 0. The second kappa shape index (κ2) is 3.77. The van der Waals surface area contributed by atoms with Crippen LogP contribution in [0.4, 0.5) is 8.78 Å². The average molecular weight is 204 g/mol. The van der Waals surface area contributed by atoms with Gasteiger partial charge in [0.05, 0.1) is 5.69 Å². The van der Waals surface area contributed by atoms with Gasteiger partial charge >= 0.3 is 0 Å². The lowest BCUT2D eigenvalue weighted by molar-refractivity contribution is 0.511. The summed E-state index contributed by atoms with van der Waals surface area (Å²) in [5.41, 5.74) is 1.40. The number of aromatic nitrogens is 1. The number of hydrogen-bond donors (Lipinski definition) is 0. The minimum atomic E-state index is -0.862. The topological polar surface area (TPSA) is 12.9 Å². The van der Waals surface area contributed by atoms with Gasteiger partial charge in [0.15, 0.2) is 11.6 Å². The highest BCUT2D eigenvalue weighted by atomic mass is 19.2. The Morgan fingerprint density at radius 2 is 2.07 bits per heavy atom. The van der Waals surface area contributed by atoms with Crippen molar-refractivity contribution in [3.05, 3.63) is 53.7 Å². The maximum absolute atomic E-state index is 13.4. The van der Waals surface area contributed by atoms with Crippen molar-refractivity contribution in [1.29, 1.82) is 0 Å². The van der Waals surface area contributed by atoms with Gasteiger partial charge < -0.3 is 0 Å². The lowest BCUT2D eigenvalue weighted by Crippen LogP contribution is -1.93. The van der Waals surface area contributed by atoms with Crippen LogP contribution in [0.5, 0.6) is 0 Å². The molecule has 0 amide bonds. The van der Waals surface area contributed by atoms with Crippen LogP contribution in [0.15, 0.2) is 30.5 Å². The van der Waals surface area contributed by atoms with Crippen LogP contribution < -0.4 is 0 Å². The number of pyridine rings is 1. The van der Waals surface area contributed by atoms with Gasteiger partial charge in [-0.2, -0.15) is 0 Å². The Morgan fingerprint density at radius 1 is 1.27 bits per heavy atom. The quantitative estimate of drug-likeness (QED) is 0.695. The maximum Gasteiger partial charge on any atom is 0.168 e. The van der Waals surface area contributed by atoms with E-state index >= 15 is 0 Å². The Morgan fingerprint density at radius 3 is 2.80 bits per heavy atom. The van der Waals surface area contributed by atoms with Crippen molar-refractivity contribution in [3.63, 3.8) is 0 Å². The predicted octanol–water partition coefficient (Wildman–Crippen LogP) is 3.14. The van der Waals surface area contributed by atoms with Crippen LogP contribution in [0.25, 0.3) is 11.3 Å². The zero-order chi connectivity index (χ0) is 10.8. The molecule has 3 heteroatoms. The standard InChI is InChI=1S/C12H8F2N/c1-8-4-3-7-15-12(8)9-5-2-6-10(13)11(9)14/h2,4-7H,1H3. The predicted molar refractivity (Wildman–Crippen MR) is 53.2 cm³/mol. The third kappa shape index (κ3) is 1.73. The van der Waals surface area contributed by atoms with E-state index in [1.54, 1.807) is 13.0 Å². The Labute approximate surface area is 86.4 Å². The highest BCUT2D eigenvalue weighted by Gasteiger charge is 2.11. The van der Waals surface area contributed by atoms with E-state index in [1.807, 2.05) is 0 Å². The molecule has 0 saturated carbocycles. The summed E-state index contributed by atoms with van der Waals surface area (Å²) in [5.74, 6) is -1.72. The first-order valence-corrected chi connectivity index (χ1v) is 4.47. The lowest BCUT2D eigenvalue weighted by Gasteiger charge is -2.05. The number of benzene rings is 1. The minimum absolute atomic E-state index is 0.182. The molecule has 0 N–H and O–H groups in total. The summed E-state index contributed by atoms with van der Waals surface area (Å²) in [4.78, 5) is 3.99. The molecule has 0 atom stereocenters. The summed E-state index contributed by atoms with van der Waals surface area (Å²) >= 11 is 0. The normalized spacial score (nSPS) is 10.3. The third-order valence-electron chi connectivity index (χ3n) is 2.15. The van der Waals surface area contributed by atoms with Gasteiger partial charge in [-0.15, -0.1) is 0 Å². The fraction of sp³-hybridized carbons (Fsp3) is 0.0833. The Kier molecular flexibility index (Phi) is 2.46. The lowest BCUT2D eigenvalue weighted by atomic mass is 10.1. The molecule has 0 aliphatic rings. The number of nitrogens with zero attached hydrogens (tertiary/aromatic N) is 1. The molecule has 2 aromatic rings. The molecule has 0 spiro atoms. The van der Waals surface area contributed by atoms with Crippen LogP contribution in [0.2, 0.25) is 0 Å². The largest absolute Gasteiger partial charge is 0.255 e. The molecule has 0 fully saturated rings. The highest BCUT2D eigenvalue weighted by Crippen LogP contribution is 2.24. The summed E-state index contributed by atoms with van der Waals surface area (Å²) < 4.78 is 26.4. The molecule has 2 rings (SSSR count). The van der Waals surface area contributed by atoms with Crippen molar-refractivity contribution >= 4 is 0 Å². The first-order chi connectivity index (χ1) is 7.20. The van der Waals surface area contributed by atoms with Gasteiger partial charge in [-0.05, 0) is 30.7 Å². The third-order valence-corrected chi connectivity index (χ3v) is 2.15. The average Bonchev–Trinajstić information content (AvgIpc) is 2.23. The molecule has 1 aromatic carbocycles. The molecule has 0 aliphatic carbocycles. The molecule has 15 heavy (non-hydrogen) atoms. The molecule has 0 saturated heterocycles. The van der Waals surface area contributed by atoms with Crippen LogP contribution in [0.3, 0.4) is 0 Å². The molecule has 1 heterocycles. The molecular weight excluding hydrogens is 196 g/mol. The summed E-state index contributed by atoms with van der Waals surface area (Å²) in [6.07, 6.45) is 1.44. The van der Waals surface area contributed by atoms with Crippen LogP contribution in [-0.4, -0.2) is 4.98 Å².